The van der Waals surface area contributed by atoms with E-state index < -0.39 is 0 Å². The number of carbonyl (C=O) groups excluding carboxylic acids is 1. The highest BCUT2D eigenvalue weighted by Gasteiger charge is 2.40. The molecule has 2 atom stereocenters. The van der Waals surface area contributed by atoms with Gasteiger partial charge in [0.15, 0.2) is 11.5 Å². The van der Waals surface area contributed by atoms with Gasteiger partial charge in [-0.2, -0.15) is 0 Å². The molecule has 1 fully saturated rings. The Balaban J connectivity index is 2.44. The van der Waals surface area contributed by atoms with E-state index in [1.165, 1.54) is 0 Å². The Morgan fingerprint density at radius 3 is 2.41 bits per heavy atom. The molecule has 0 unspecified atom stereocenters. The van der Waals surface area contributed by atoms with E-state index in [0.29, 0.717) is 17.2 Å². The normalized spacial score (nSPS) is 21.8. The fourth-order valence-electron chi connectivity index (χ4n) is 2.08. The highest BCUT2D eigenvalue weighted by atomic mass is 16.5. The van der Waals surface area contributed by atoms with Crippen molar-refractivity contribution in [1.82, 2.24) is 0 Å². The van der Waals surface area contributed by atoms with Crippen molar-refractivity contribution in [2.75, 3.05) is 21.3 Å². The molecule has 1 aliphatic carbocycles. The predicted octanol–water partition coefficient (Wildman–Crippen LogP) is 2.01. The second kappa shape index (κ2) is 4.65. The van der Waals surface area contributed by atoms with Crippen molar-refractivity contribution in [3.63, 3.8) is 0 Å². The summed E-state index contributed by atoms with van der Waals surface area (Å²) in [5.41, 5.74) is 0.987. The second-order valence-corrected chi connectivity index (χ2v) is 4.09. The first kappa shape index (κ1) is 11.8. The molecule has 0 amide bonds. The van der Waals surface area contributed by atoms with Crippen molar-refractivity contribution >= 4 is 6.29 Å². The van der Waals surface area contributed by atoms with Gasteiger partial charge in [0.05, 0.1) is 21.3 Å². The van der Waals surface area contributed by atoms with Gasteiger partial charge in [-0.25, -0.2) is 0 Å². The first-order valence-corrected chi connectivity index (χ1v) is 5.50. The standard InChI is InChI=1S/C13H16O4/c1-15-9-5-11(10-4-8(10)7-14)13(17-3)12(6-9)16-2/h5-8,10H,4H2,1-3H3/t8-,10-/m1/s1. The van der Waals surface area contributed by atoms with Gasteiger partial charge in [0, 0.05) is 17.5 Å². The summed E-state index contributed by atoms with van der Waals surface area (Å²) in [4.78, 5) is 10.8. The topological polar surface area (TPSA) is 44.8 Å². The summed E-state index contributed by atoms with van der Waals surface area (Å²) in [6, 6.07) is 3.69. The molecule has 4 nitrogen and oxygen atoms in total. The van der Waals surface area contributed by atoms with Crippen LogP contribution in [-0.2, 0) is 4.79 Å². The van der Waals surface area contributed by atoms with Crippen LogP contribution in [0.25, 0.3) is 0 Å². The third kappa shape index (κ3) is 2.07. The third-order valence-electron chi connectivity index (χ3n) is 3.13. The fourth-order valence-corrected chi connectivity index (χ4v) is 2.08. The maximum atomic E-state index is 10.8. The van der Waals surface area contributed by atoms with Crippen LogP contribution in [0.1, 0.15) is 17.9 Å². The highest BCUT2D eigenvalue weighted by Crippen LogP contribution is 2.52. The number of ether oxygens (including phenoxy) is 3. The van der Waals surface area contributed by atoms with E-state index in [2.05, 4.69) is 0 Å². The smallest absolute Gasteiger partial charge is 0.164 e. The lowest BCUT2D eigenvalue weighted by Gasteiger charge is -2.14. The minimum Gasteiger partial charge on any atom is -0.497 e. The summed E-state index contributed by atoms with van der Waals surface area (Å²) in [6.07, 6.45) is 1.87. The van der Waals surface area contributed by atoms with Crippen molar-refractivity contribution in [1.29, 1.82) is 0 Å². The van der Waals surface area contributed by atoms with Crippen molar-refractivity contribution in [3.05, 3.63) is 17.7 Å². The third-order valence-corrected chi connectivity index (χ3v) is 3.13. The highest BCUT2D eigenvalue weighted by molar-refractivity contribution is 5.64. The molecular formula is C13H16O4. The van der Waals surface area contributed by atoms with Crippen molar-refractivity contribution in [3.8, 4) is 17.2 Å². The molecule has 2 rings (SSSR count). The molecule has 0 aliphatic heterocycles. The zero-order chi connectivity index (χ0) is 12.4. The largest absolute Gasteiger partial charge is 0.497 e. The quantitative estimate of drug-likeness (QED) is 0.734. The molecular weight excluding hydrogens is 220 g/mol. The summed E-state index contributed by atoms with van der Waals surface area (Å²) in [7, 11) is 4.80. The van der Waals surface area contributed by atoms with Gasteiger partial charge < -0.3 is 19.0 Å². The average molecular weight is 236 g/mol. The number of rotatable bonds is 5. The molecule has 92 valence electrons. The summed E-state index contributed by atoms with van der Waals surface area (Å²) in [6.45, 7) is 0. The van der Waals surface area contributed by atoms with Gasteiger partial charge in [-0.15, -0.1) is 0 Å². The molecule has 1 saturated carbocycles. The first-order chi connectivity index (χ1) is 8.24. The lowest BCUT2D eigenvalue weighted by molar-refractivity contribution is -0.108. The van der Waals surface area contributed by atoms with Gasteiger partial charge in [-0.3, -0.25) is 0 Å². The van der Waals surface area contributed by atoms with Gasteiger partial charge in [-0.1, -0.05) is 0 Å². The Morgan fingerprint density at radius 2 is 1.94 bits per heavy atom. The van der Waals surface area contributed by atoms with E-state index in [-0.39, 0.29) is 11.8 Å². The SMILES string of the molecule is COc1cc(OC)c(OC)c([C@@H]2C[C@@H]2C=O)c1. The van der Waals surface area contributed by atoms with Crippen LogP contribution in [0.5, 0.6) is 17.2 Å². The molecule has 1 aliphatic rings. The summed E-state index contributed by atoms with van der Waals surface area (Å²) in [5, 5.41) is 0. The average Bonchev–Trinajstić information content (AvgIpc) is 3.16. The van der Waals surface area contributed by atoms with Crippen LogP contribution in [-0.4, -0.2) is 27.6 Å². The molecule has 0 saturated heterocycles. The number of hydrogen-bond acceptors (Lipinski definition) is 4. The Morgan fingerprint density at radius 1 is 1.18 bits per heavy atom. The van der Waals surface area contributed by atoms with E-state index >= 15 is 0 Å². The minimum absolute atomic E-state index is 0.0979. The van der Waals surface area contributed by atoms with Crippen LogP contribution in [0.2, 0.25) is 0 Å². The van der Waals surface area contributed by atoms with Crippen LogP contribution in [0.3, 0.4) is 0 Å². The molecule has 0 aromatic heterocycles. The molecule has 0 heterocycles. The number of aldehydes is 1. The number of benzene rings is 1. The van der Waals surface area contributed by atoms with Crippen molar-refractivity contribution in [2.24, 2.45) is 5.92 Å². The second-order valence-electron chi connectivity index (χ2n) is 4.09. The predicted molar refractivity (Wildman–Crippen MR) is 63.0 cm³/mol. The summed E-state index contributed by atoms with van der Waals surface area (Å²) >= 11 is 0. The van der Waals surface area contributed by atoms with Crippen LogP contribution in [0.15, 0.2) is 12.1 Å². The van der Waals surface area contributed by atoms with E-state index in [1.54, 1.807) is 27.4 Å². The first-order valence-electron chi connectivity index (χ1n) is 5.50. The van der Waals surface area contributed by atoms with Crippen molar-refractivity contribution in [2.45, 2.75) is 12.3 Å². The molecule has 0 N–H and O–H groups in total. The van der Waals surface area contributed by atoms with Crippen LogP contribution < -0.4 is 14.2 Å². The maximum Gasteiger partial charge on any atom is 0.164 e. The fraction of sp³-hybridized carbons (Fsp3) is 0.462. The number of hydrogen-bond donors (Lipinski definition) is 0. The monoisotopic (exact) mass is 236 g/mol. The minimum atomic E-state index is 0.0979. The number of methoxy groups -OCH3 is 3. The summed E-state index contributed by atoms with van der Waals surface area (Å²) < 4.78 is 15.9. The number of carbonyl (C=O) groups is 1. The van der Waals surface area contributed by atoms with Gasteiger partial charge >= 0.3 is 0 Å². The molecule has 4 heteroatoms. The van der Waals surface area contributed by atoms with Gasteiger partial charge in [0.25, 0.3) is 0 Å². The van der Waals surface area contributed by atoms with Gasteiger partial charge in [0.2, 0.25) is 0 Å². The maximum absolute atomic E-state index is 10.8. The molecule has 0 bridgehead atoms. The Hall–Kier alpha value is -1.71. The molecule has 17 heavy (non-hydrogen) atoms. The summed E-state index contributed by atoms with van der Waals surface area (Å²) in [5.74, 6) is 2.38. The Bertz CT molecular complexity index is 428. The van der Waals surface area contributed by atoms with Crippen LogP contribution >= 0.6 is 0 Å². The van der Waals surface area contributed by atoms with Crippen LogP contribution in [0.4, 0.5) is 0 Å². The van der Waals surface area contributed by atoms with E-state index in [1.807, 2.05) is 6.07 Å². The molecule has 0 radical (unpaired) electrons. The lowest BCUT2D eigenvalue weighted by atomic mass is 10.1. The molecule has 1 aromatic rings. The zero-order valence-corrected chi connectivity index (χ0v) is 10.2. The zero-order valence-electron chi connectivity index (χ0n) is 10.2. The Labute approximate surface area is 100 Å². The van der Waals surface area contributed by atoms with E-state index in [9.17, 15) is 4.79 Å². The van der Waals surface area contributed by atoms with Crippen LogP contribution in [0, 0.1) is 5.92 Å². The van der Waals surface area contributed by atoms with Gasteiger partial charge in [-0.05, 0) is 18.4 Å². The Kier molecular flexibility index (Phi) is 3.22. The molecule has 1 aromatic carbocycles. The van der Waals surface area contributed by atoms with Crippen molar-refractivity contribution < 1.29 is 19.0 Å². The molecule has 0 spiro atoms. The van der Waals surface area contributed by atoms with Gasteiger partial charge in [0.1, 0.15) is 12.0 Å². The lowest BCUT2D eigenvalue weighted by Crippen LogP contribution is -1.98. The van der Waals surface area contributed by atoms with E-state index in [4.69, 9.17) is 14.2 Å². The van der Waals surface area contributed by atoms with E-state index in [0.717, 1.165) is 18.3 Å².